The van der Waals surface area contributed by atoms with Crippen LogP contribution in [0.2, 0.25) is 0 Å². The molecule has 0 bridgehead atoms. The summed E-state index contributed by atoms with van der Waals surface area (Å²) in [4.78, 5) is 25.2. The maximum Gasteiger partial charge on any atom is 0.410 e. The number of hydrogen-bond acceptors (Lipinski definition) is 5. The van der Waals surface area contributed by atoms with E-state index in [2.05, 4.69) is 0 Å². The Kier molecular flexibility index (Phi) is 6.66. The number of amides is 1. The van der Waals surface area contributed by atoms with Crippen molar-refractivity contribution in [2.75, 3.05) is 33.5 Å². The fraction of sp³-hybridized carbons (Fsp3) is 0.333. The summed E-state index contributed by atoms with van der Waals surface area (Å²) in [6.45, 7) is 0.132. The number of carboxylic acid groups (broad SMARTS) is 1. The second kappa shape index (κ2) is 9.38. The third-order valence-electron chi connectivity index (χ3n) is 4.65. The molecule has 2 aromatic carbocycles. The van der Waals surface area contributed by atoms with Crippen molar-refractivity contribution < 1.29 is 33.3 Å². The number of halogens is 1. The predicted molar refractivity (Wildman–Crippen MR) is 101 cm³/mol. The Morgan fingerprint density at radius 2 is 1.97 bits per heavy atom. The number of benzene rings is 2. The van der Waals surface area contributed by atoms with Gasteiger partial charge in [0.1, 0.15) is 18.2 Å². The Balaban J connectivity index is 2.02. The topological polar surface area (TPSA) is 85.3 Å². The van der Waals surface area contributed by atoms with Crippen LogP contribution in [0.1, 0.15) is 22.7 Å². The number of carboxylic acids is 1. The van der Waals surface area contributed by atoms with Crippen molar-refractivity contribution in [1.82, 2.24) is 4.90 Å². The van der Waals surface area contributed by atoms with Gasteiger partial charge in [0.05, 0.1) is 12.6 Å². The average Bonchev–Trinajstić information content (AvgIpc) is 2.72. The molecule has 154 valence electrons. The molecule has 0 aromatic heterocycles. The molecule has 1 N–H and O–H groups in total. The summed E-state index contributed by atoms with van der Waals surface area (Å²) in [7, 11) is 1.51. The van der Waals surface area contributed by atoms with Crippen LogP contribution < -0.4 is 4.74 Å². The third kappa shape index (κ3) is 4.83. The molecular formula is C21H22FNO6. The number of aliphatic carboxylic acids is 1. The summed E-state index contributed by atoms with van der Waals surface area (Å²) in [5, 5.41) is 8.95. The first-order chi connectivity index (χ1) is 14.0. The van der Waals surface area contributed by atoms with Crippen molar-refractivity contribution in [2.45, 2.75) is 12.5 Å². The molecule has 1 heterocycles. The summed E-state index contributed by atoms with van der Waals surface area (Å²) < 4.78 is 29.7. The first kappa shape index (κ1) is 20.6. The summed E-state index contributed by atoms with van der Waals surface area (Å²) in [5.74, 6) is -1.47. The van der Waals surface area contributed by atoms with Gasteiger partial charge < -0.3 is 19.3 Å². The fourth-order valence-electron chi connectivity index (χ4n) is 3.40. The van der Waals surface area contributed by atoms with Crippen molar-refractivity contribution in [1.29, 1.82) is 0 Å². The van der Waals surface area contributed by atoms with Crippen LogP contribution >= 0.6 is 0 Å². The summed E-state index contributed by atoms with van der Waals surface area (Å²) in [5.41, 5.74) is 2.20. The average molecular weight is 403 g/mol. The third-order valence-corrected chi connectivity index (χ3v) is 4.65. The summed E-state index contributed by atoms with van der Waals surface area (Å²) in [6, 6.07) is 10.7. The smallest absolute Gasteiger partial charge is 0.410 e. The first-order valence-corrected chi connectivity index (χ1v) is 9.15. The highest BCUT2D eigenvalue weighted by Crippen LogP contribution is 2.40. The van der Waals surface area contributed by atoms with Crippen molar-refractivity contribution in [2.24, 2.45) is 0 Å². The van der Waals surface area contributed by atoms with E-state index in [-0.39, 0.29) is 19.0 Å². The van der Waals surface area contributed by atoms with Gasteiger partial charge in [0.2, 0.25) is 0 Å². The summed E-state index contributed by atoms with van der Waals surface area (Å²) >= 11 is 0. The highest BCUT2D eigenvalue weighted by Gasteiger charge is 2.35. The zero-order valence-electron chi connectivity index (χ0n) is 16.0. The molecule has 7 nitrogen and oxygen atoms in total. The number of rotatable bonds is 7. The fourth-order valence-corrected chi connectivity index (χ4v) is 3.40. The van der Waals surface area contributed by atoms with E-state index in [0.717, 1.165) is 11.1 Å². The Hall–Kier alpha value is -3.13. The Bertz CT molecular complexity index is 887. The molecule has 3 rings (SSSR count). The van der Waals surface area contributed by atoms with Crippen LogP contribution in [0.25, 0.3) is 0 Å². The van der Waals surface area contributed by atoms with E-state index in [4.69, 9.17) is 19.3 Å². The molecule has 0 saturated heterocycles. The molecular weight excluding hydrogens is 381 g/mol. The number of carbonyl (C=O) groups is 2. The van der Waals surface area contributed by atoms with E-state index in [9.17, 15) is 14.0 Å². The van der Waals surface area contributed by atoms with Crippen LogP contribution in [0.3, 0.4) is 0 Å². The quantitative estimate of drug-likeness (QED) is 0.716. The predicted octanol–water partition coefficient (Wildman–Crippen LogP) is 3.02. The molecule has 0 saturated carbocycles. The van der Waals surface area contributed by atoms with Crippen LogP contribution in [0, 0.1) is 5.82 Å². The van der Waals surface area contributed by atoms with Crippen LogP contribution in [-0.2, 0) is 20.7 Å². The lowest BCUT2D eigenvalue weighted by Crippen LogP contribution is -2.41. The second-order valence-electron chi connectivity index (χ2n) is 6.52. The van der Waals surface area contributed by atoms with Crippen LogP contribution in [0.5, 0.6) is 5.75 Å². The Labute approximate surface area is 167 Å². The van der Waals surface area contributed by atoms with Gasteiger partial charge in [-0.3, -0.25) is 4.90 Å². The van der Waals surface area contributed by atoms with Gasteiger partial charge in [-0.05, 0) is 35.7 Å². The van der Waals surface area contributed by atoms with Gasteiger partial charge in [-0.1, -0.05) is 24.3 Å². The number of nitrogens with zero attached hydrogens (tertiary/aromatic N) is 1. The SMILES string of the molecule is COCCOC(=O)N1CCc2ccccc2C1c1cc(F)ccc1OCC(=O)O. The minimum absolute atomic E-state index is 0.0890. The molecule has 8 heteroatoms. The van der Waals surface area contributed by atoms with Gasteiger partial charge in [0.25, 0.3) is 0 Å². The number of ether oxygens (including phenoxy) is 3. The standard InChI is InChI=1S/C21H22FNO6/c1-27-10-11-28-21(26)23-9-8-14-4-2-3-5-16(14)20(23)17-12-15(22)6-7-18(17)29-13-19(24)25/h2-7,12,20H,8-11,13H2,1H3,(H,24,25). The number of methoxy groups -OCH3 is 1. The lowest BCUT2D eigenvalue weighted by Gasteiger charge is -2.37. The zero-order chi connectivity index (χ0) is 20.8. The van der Waals surface area contributed by atoms with E-state index in [1.54, 1.807) is 0 Å². The molecule has 29 heavy (non-hydrogen) atoms. The lowest BCUT2D eigenvalue weighted by molar-refractivity contribution is -0.139. The van der Waals surface area contributed by atoms with Gasteiger partial charge in [0, 0.05) is 19.2 Å². The minimum Gasteiger partial charge on any atom is -0.482 e. The van der Waals surface area contributed by atoms with E-state index in [1.165, 1.54) is 30.2 Å². The van der Waals surface area contributed by atoms with Gasteiger partial charge in [-0.25, -0.2) is 14.0 Å². The Morgan fingerprint density at radius 1 is 1.17 bits per heavy atom. The van der Waals surface area contributed by atoms with Crippen LogP contribution in [0.15, 0.2) is 42.5 Å². The number of hydrogen-bond donors (Lipinski definition) is 1. The van der Waals surface area contributed by atoms with E-state index in [0.29, 0.717) is 18.5 Å². The molecule has 1 unspecified atom stereocenters. The molecule has 1 amide bonds. The van der Waals surface area contributed by atoms with E-state index in [1.807, 2.05) is 24.3 Å². The normalized spacial score (nSPS) is 15.5. The van der Waals surface area contributed by atoms with Gasteiger partial charge in [-0.15, -0.1) is 0 Å². The molecule has 0 aliphatic carbocycles. The number of fused-ring (bicyclic) bond motifs is 1. The monoisotopic (exact) mass is 403 g/mol. The van der Waals surface area contributed by atoms with Crippen molar-refractivity contribution in [3.63, 3.8) is 0 Å². The van der Waals surface area contributed by atoms with Gasteiger partial charge >= 0.3 is 12.1 Å². The van der Waals surface area contributed by atoms with E-state index >= 15 is 0 Å². The van der Waals surface area contributed by atoms with Crippen molar-refractivity contribution in [3.05, 3.63) is 65.0 Å². The molecule has 1 aliphatic heterocycles. The molecule has 0 radical (unpaired) electrons. The van der Waals surface area contributed by atoms with Crippen LogP contribution in [0.4, 0.5) is 9.18 Å². The first-order valence-electron chi connectivity index (χ1n) is 9.15. The highest BCUT2D eigenvalue weighted by atomic mass is 19.1. The van der Waals surface area contributed by atoms with Gasteiger partial charge in [-0.2, -0.15) is 0 Å². The molecule has 1 aliphatic rings. The second-order valence-corrected chi connectivity index (χ2v) is 6.52. The van der Waals surface area contributed by atoms with Crippen molar-refractivity contribution >= 4 is 12.1 Å². The lowest BCUT2D eigenvalue weighted by atomic mass is 9.88. The molecule has 0 spiro atoms. The molecule has 1 atom stereocenters. The van der Waals surface area contributed by atoms with Crippen LogP contribution in [-0.4, -0.2) is 55.5 Å². The largest absolute Gasteiger partial charge is 0.482 e. The van der Waals surface area contributed by atoms with Gasteiger partial charge in [0.15, 0.2) is 6.61 Å². The molecule has 0 fully saturated rings. The van der Waals surface area contributed by atoms with Crippen molar-refractivity contribution in [3.8, 4) is 5.75 Å². The molecule has 2 aromatic rings. The zero-order valence-corrected chi connectivity index (χ0v) is 16.0. The van der Waals surface area contributed by atoms with E-state index < -0.39 is 30.5 Å². The summed E-state index contributed by atoms with van der Waals surface area (Å²) in [6.07, 6.45) is 0.0576. The highest BCUT2D eigenvalue weighted by molar-refractivity contribution is 5.71. The Morgan fingerprint density at radius 3 is 2.72 bits per heavy atom. The maximum atomic E-state index is 14.1. The maximum absolute atomic E-state index is 14.1. The minimum atomic E-state index is -1.15. The number of carbonyl (C=O) groups excluding carboxylic acids is 1.